The van der Waals surface area contributed by atoms with Gasteiger partial charge in [-0.2, -0.15) is 0 Å². The van der Waals surface area contributed by atoms with E-state index in [-0.39, 0.29) is 12.8 Å². The molecule has 98 valence electrons. The summed E-state index contributed by atoms with van der Waals surface area (Å²) in [4.78, 5) is 33.1. The zero-order valence-electron chi connectivity index (χ0n) is 10.2. The third-order valence-electron chi connectivity index (χ3n) is 2.48. The fraction of sp³-hybridized carbons (Fsp3) is 0.700. The summed E-state index contributed by atoms with van der Waals surface area (Å²) in [7, 11) is 1.60. The Morgan fingerprint density at radius 1 is 1.35 bits per heavy atom. The summed E-state index contributed by atoms with van der Waals surface area (Å²) in [5.41, 5.74) is 4.05. The fourth-order valence-electron chi connectivity index (χ4n) is 0.996. The second-order valence-electron chi connectivity index (χ2n) is 4.24. The van der Waals surface area contributed by atoms with Crippen molar-refractivity contribution in [3.8, 4) is 0 Å². The van der Waals surface area contributed by atoms with Gasteiger partial charge in [0.15, 0.2) is 0 Å². The lowest BCUT2D eigenvalue weighted by Crippen LogP contribution is -2.55. The molecule has 0 aliphatic heterocycles. The van der Waals surface area contributed by atoms with E-state index in [1.54, 1.807) is 20.9 Å². The van der Waals surface area contributed by atoms with Crippen molar-refractivity contribution < 1.29 is 19.5 Å². The van der Waals surface area contributed by atoms with Crippen LogP contribution in [0, 0.1) is 0 Å². The number of nitrogens with two attached hydrogens (primary N) is 1. The van der Waals surface area contributed by atoms with E-state index in [0.717, 1.165) is 0 Å². The lowest BCUT2D eigenvalue weighted by molar-refractivity contribution is -0.143. The van der Waals surface area contributed by atoms with Crippen LogP contribution in [-0.2, 0) is 14.4 Å². The molecule has 0 bridgehead atoms. The average molecular weight is 245 g/mol. The quantitative estimate of drug-likeness (QED) is 0.450. The number of hydrogen-bond acceptors (Lipinski definition) is 4. The van der Waals surface area contributed by atoms with Gasteiger partial charge in [0.25, 0.3) is 0 Å². The normalized spacial score (nSPS) is 12.9. The van der Waals surface area contributed by atoms with Crippen LogP contribution in [0.15, 0.2) is 0 Å². The minimum Gasteiger partial charge on any atom is -0.480 e. The second kappa shape index (κ2) is 6.19. The first-order valence-electron chi connectivity index (χ1n) is 5.21. The van der Waals surface area contributed by atoms with Crippen molar-refractivity contribution in [2.45, 2.75) is 38.3 Å². The largest absolute Gasteiger partial charge is 0.480 e. The van der Waals surface area contributed by atoms with Gasteiger partial charge in [0.1, 0.15) is 6.04 Å². The molecule has 0 heterocycles. The third-order valence-corrected chi connectivity index (χ3v) is 2.48. The van der Waals surface area contributed by atoms with Crippen molar-refractivity contribution in [2.75, 3.05) is 7.05 Å². The van der Waals surface area contributed by atoms with E-state index in [1.807, 2.05) is 0 Å². The average Bonchev–Trinajstić information content (AvgIpc) is 2.22. The second-order valence-corrected chi connectivity index (χ2v) is 4.24. The van der Waals surface area contributed by atoms with Crippen LogP contribution in [0.4, 0.5) is 0 Å². The van der Waals surface area contributed by atoms with Crippen LogP contribution in [0.5, 0.6) is 0 Å². The Labute approximate surface area is 99.7 Å². The number of aliphatic carboxylic acids is 1. The van der Waals surface area contributed by atoms with Crippen molar-refractivity contribution in [2.24, 2.45) is 5.73 Å². The number of primary amides is 1. The highest BCUT2D eigenvalue weighted by atomic mass is 16.4. The molecule has 5 N–H and O–H groups in total. The van der Waals surface area contributed by atoms with Gasteiger partial charge in [-0.3, -0.25) is 9.59 Å². The van der Waals surface area contributed by atoms with Gasteiger partial charge in [-0.15, -0.1) is 0 Å². The first-order valence-corrected chi connectivity index (χ1v) is 5.21. The van der Waals surface area contributed by atoms with Crippen molar-refractivity contribution in [1.82, 2.24) is 10.6 Å². The molecule has 0 radical (unpaired) electrons. The molecule has 0 aromatic heterocycles. The van der Waals surface area contributed by atoms with Gasteiger partial charge in [0, 0.05) is 6.42 Å². The van der Waals surface area contributed by atoms with Crippen molar-refractivity contribution in [3.63, 3.8) is 0 Å². The SMILES string of the molecule is CNC(C)(C)C(=O)N[C@H](CCC(N)=O)C(=O)O. The maximum absolute atomic E-state index is 11.7. The summed E-state index contributed by atoms with van der Waals surface area (Å²) in [5.74, 6) is -2.23. The van der Waals surface area contributed by atoms with E-state index >= 15 is 0 Å². The number of rotatable bonds is 7. The van der Waals surface area contributed by atoms with E-state index in [9.17, 15) is 14.4 Å². The summed E-state index contributed by atoms with van der Waals surface area (Å²) in [6.07, 6.45) is -0.104. The highest BCUT2D eigenvalue weighted by Crippen LogP contribution is 2.04. The smallest absolute Gasteiger partial charge is 0.326 e. The van der Waals surface area contributed by atoms with Crippen molar-refractivity contribution in [3.05, 3.63) is 0 Å². The third kappa shape index (κ3) is 5.30. The number of carbonyl (C=O) groups excluding carboxylic acids is 2. The molecule has 0 rings (SSSR count). The molecule has 1 atom stereocenters. The van der Waals surface area contributed by atoms with Crippen LogP contribution < -0.4 is 16.4 Å². The fourth-order valence-corrected chi connectivity index (χ4v) is 0.996. The first kappa shape index (κ1) is 15.4. The number of amides is 2. The summed E-state index contributed by atoms with van der Waals surface area (Å²) in [6, 6.07) is -1.11. The molecule has 0 aliphatic carbocycles. The van der Waals surface area contributed by atoms with Gasteiger partial charge in [-0.25, -0.2) is 4.79 Å². The molecular weight excluding hydrogens is 226 g/mol. The Kier molecular flexibility index (Phi) is 5.60. The zero-order valence-corrected chi connectivity index (χ0v) is 10.2. The van der Waals surface area contributed by atoms with Crippen LogP contribution in [0.2, 0.25) is 0 Å². The van der Waals surface area contributed by atoms with Gasteiger partial charge >= 0.3 is 5.97 Å². The molecule has 2 amide bonds. The molecular formula is C10H19N3O4. The number of carbonyl (C=O) groups is 3. The predicted octanol–water partition coefficient (Wildman–Crippen LogP) is -1.18. The van der Waals surface area contributed by atoms with Crippen molar-refractivity contribution >= 4 is 17.8 Å². The van der Waals surface area contributed by atoms with Gasteiger partial charge in [-0.05, 0) is 27.3 Å². The Balaban J connectivity index is 4.50. The molecule has 0 spiro atoms. The monoisotopic (exact) mass is 245 g/mol. The molecule has 7 heteroatoms. The van der Waals surface area contributed by atoms with Crippen LogP contribution in [0.3, 0.4) is 0 Å². The maximum atomic E-state index is 11.7. The number of nitrogens with one attached hydrogen (secondary N) is 2. The summed E-state index contributed by atoms with van der Waals surface area (Å²) in [6.45, 7) is 3.24. The predicted molar refractivity (Wildman–Crippen MR) is 61.1 cm³/mol. The van der Waals surface area contributed by atoms with Crippen LogP contribution >= 0.6 is 0 Å². The highest BCUT2D eigenvalue weighted by Gasteiger charge is 2.29. The lowest BCUT2D eigenvalue weighted by Gasteiger charge is -2.25. The minimum atomic E-state index is -1.19. The number of carboxylic acids is 1. The maximum Gasteiger partial charge on any atom is 0.326 e. The molecule has 0 aromatic carbocycles. The van der Waals surface area contributed by atoms with E-state index < -0.39 is 29.4 Å². The summed E-state index contributed by atoms with van der Waals surface area (Å²) in [5, 5.41) is 14.0. The number of carboxylic acid groups (broad SMARTS) is 1. The number of hydrogen-bond donors (Lipinski definition) is 4. The van der Waals surface area contributed by atoms with Gasteiger partial charge < -0.3 is 21.5 Å². The molecule has 0 saturated heterocycles. The summed E-state index contributed by atoms with van der Waals surface area (Å²) >= 11 is 0. The Morgan fingerprint density at radius 2 is 1.88 bits per heavy atom. The van der Waals surface area contributed by atoms with E-state index in [2.05, 4.69) is 10.6 Å². The van der Waals surface area contributed by atoms with Crippen LogP contribution in [-0.4, -0.2) is 41.5 Å². The molecule has 0 saturated carbocycles. The topological polar surface area (TPSA) is 122 Å². The van der Waals surface area contributed by atoms with E-state index in [0.29, 0.717) is 0 Å². The van der Waals surface area contributed by atoms with Gasteiger partial charge in [0.05, 0.1) is 5.54 Å². The molecule has 0 aromatic rings. The summed E-state index contributed by atoms with van der Waals surface area (Å²) < 4.78 is 0. The molecule has 17 heavy (non-hydrogen) atoms. The molecule has 0 aliphatic rings. The Hall–Kier alpha value is -1.63. The highest BCUT2D eigenvalue weighted by molar-refractivity contribution is 5.89. The van der Waals surface area contributed by atoms with E-state index in [4.69, 9.17) is 10.8 Å². The lowest BCUT2D eigenvalue weighted by atomic mass is 10.0. The molecule has 0 unspecified atom stereocenters. The Morgan fingerprint density at radius 3 is 2.24 bits per heavy atom. The van der Waals surface area contributed by atoms with Crippen LogP contribution in [0.1, 0.15) is 26.7 Å². The first-order chi connectivity index (χ1) is 7.70. The van der Waals surface area contributed by atoms with Gasteiger partial charge in [0.2, 0.25) is 11.8 Å². The van der Waals surface area contributed by atoms with E-state index in [1.165, 1.54) is 0 Å². The molecule has 7 nitrogen and oxygen atoms in total. The number of likely N-dealkylation sites (N-methyl/N-ethyl adjacent to an activating group) is 1. The van der Waals surface area contributed by atoms with Crippen molar-refractivity contribution in [1.29, 1.82) is 0 Å². The standard InChI is InChI=1S/C10H19N3O4/c1-10(2,12-3)9(17)13-6(8(15)16)4-5-7(11)14/h6,12H,4-5H2,1-3H3,(H2,11,14)(H,13,17)(H,15,16)/t6-/m1/s1. The minimum absolute atomic E-state index is 0.0177. The Bertz CT molecular complexity index is 315. The zero-order chi connectivity index (χ0) is 13.6. The van der Waals surface area contributed by atoms with Gasteiger partial charge in [-0.1, -0.05) is 0 Å². The van der Waals surface area contributed by atoms with Crippen LogP contribution in [0.25, 0.3) is 0 Å². The molecule has 0 fully saturated rings.